The number of nitrogen functional groups attached to an aromatic ring is 1. The third-order valence-corrected chi connectivity index (χ3v) is 3.79. The van der Waals surface area contributed by atoms with Gasteiger partial charge in [0.1, 0.15) is 11.5 Å². The molecule has 3 aromatic rings. The molecule has 0 fully saturated rings. The van der Waals surface area contributed by atoms with Crippen LogP contribution in [-0.4, -0.2) is 30.5 Å². The Labute approximate surface area is 152 Å². The molecule has 0 aliphatic carbocycles. The molecule has 0 aliphatic heterocycles. The molecule has 0 radical (unpaired) electrons. The van der Waals surface area contributed by atoms with Gasteiger partial charge in [0.15, 0.2) is 5.75 Å². The van der Waals surface area contributed by atoms with Gasteiger partial charge in [0.2, 0.25) is 0 Å². The second-order valence-electron chi connectivity index (χ2n) is 5.53. The van der Waals surface area contributed by atoms with Crippen LogP contribution in [0.2, 0.25) is 0 Å². The molecule has 1 aromatic heterocycles. The lowest BCUT2D eigenvalue weighted by Crippen LogP contribution is -2.18. The van der Waals surface area contributed by atoms with E-state index in [0.29, 0.717) is 34.0 Å². The second kappa shape index (κ2) is 7.10. The molecule has 3 N–H and O–H groups in total. The summed E-state index contributed by atoms with van der Waals surface area (Å²) < 4.78 is 51.6. The van der Waals surface area contributed by atoms with Crippen LogP contribution in [0, 0.1) is 0 Å². The highest BCUT2D eigenvalue weighted by Crippen LogP contribution is 2.37. The van der Waals surface area contributed by atoms with Gasteiger partial charge in [-0.15, -0.1) is 13.2 Å². The molecule has 9 heteroatoms. The number of hydrogen-bond donors (Lipinski definition) is 2. The predicted molar refractivity (Wildman–Crippen MR) is 93.7 cm³/mol. The number of rotatable bonds is 5. The van der Waals surface area contributed by atoms with Gasteiger partial charge in [-0.3, -0.25) is 0 Å². The number of nitrogens with zero attached hydrogens (tertiary/aromatic N) is 1. The van der Waals surface area contributed by atoms with Gasteiger partial charge in [-0.25, -0.2) is 4.98 Å². The van der Waals surface area contributed by atoms with Crippen molar-refractivity contribution in [3.63, 3.8) is 0 Å². The Bertz CT molecular complexity index is 932. The number of methoxy groups -OCH3 is 2. The Balaban J connectivity index is 2.02. The maximum Gasteiger partial charge on any atom is 0.573 e. The van der Waals surface area contributed by atoms with E-state index in [1.807, 2.05) is 0 Å². The van der Waals surface area contributed by atoms with E-state index in [-0.39, 0.29) is 5.69 Å². The van der Waals surface area contributed by atoms with Gasteiger partial charge < -0.3 is 24.9 Å². The van der Waals surface area contributed by atoms with Gasteiger partial charge in [0.05, 0.1) is 37.6 Å². The number of aromatic nitrogens is 2. The summed E-state index contributed by atoms with van der Waals surface area (Å²) in [5.74, 6) is 0.689. The molecule has 27 heavy (non-hydrogen) atoms. The summed E-state index contributed by atoms with van der Waals surface area (Å²) in [7, 11) is 3.06. The summed E-state index contributed by atoms with van der Waals surface area (Å²) in [5, 5.41) is 0. The highest BCUT2D eigenvalue weighted by atomic mass is 19.4. The van der Waals surface area contributed by atoms with Crippen LogP contribution in [0.3, 0.4) is 0 Å². The van der Waals surface area contributed by atoms with E-state index in [9.17, 15) is 13.2 Å². The number of benzene rings is 2. The van der Waals surface area contributed by atoms with Crippen molar-refractivity contribution in [1.29, 1.82) is 0 Å². The smallest absolute Gasteiger partial charge is 0.497 e. The molecule has 0 saturated carbocycles. The maximum absolute atomic E-state index is 12.4. The number of H-pyrrole nitrogens is 1. The molecule has 0 bridgehead atoms. The summed E-state index contributed by atoms with van der Waals surface area (Å²) in [6, 6.07) is 9.27. The van der Waals surface area contributed by atoms with Crippen molar-refractivity contribution in [2.75, 3.05) is 20.0 Å². The summed E-state index contributed by atoms with van der Waals surface area (Å²) in [6.07, 6.45) is -3.33. The fraction of sp³-hybridized carbons (Fsp3) is 0.167. The Morgan fingerprint density at radius 3 is 2.19 bits per heavy atom. The molecule has 0 saturated heterocycles. The minimum Gasteiger partial charge on any atom is -0.497 e. The number of anilines is 1. The number of alkyl halides is 3. The fourth-order valence-corrected chi connectivity index (χ4v) is 2.60. The van der Waals surface area contributed by atoms with Crippen molar-refractivity contribution < 1.29 is 27.4 Å². The quantitative estimate of drug-likeness (QED) is 0.648. The van der Waals surface area contributed by atoms with E-state index < -0.39 is 12.1 Å². The zero-order chi connectivity index (χ0) is 19.6. The van der Waals surface area contributed by atoms with Crippen LogP contribution in [0.1, 0.15) is 0 Å². The molecule has 142 valence electrons. The van der Waals surface area contributed by atoms with Crippen LogP contribution in [0.15, 0.2) is 42.7 Å². The van der Waals surface area contributed by atoms with Crippen molar-refractivity contribution in [2.45, 2.75) is 6.36 Å². The van der Waals surface area contributed by atoms with E-state index in [0.717, 1.165) is 6.07 Å². The normalized spacial score (nSPS) is 11.3. The van der Waals surface area contributed by atoms with Crippen LogP contribution in [0.4, 0.5) is 18.9 Å². The predicted octanol–water partition coefficient (Wildman–Crippen LogP) is 4.24. The molecule has 0 atom stereocenters. The van der Waals surface area contributed by atoms with Crippen molar-refractivity contribution in [3.8, 4) is 39.8 Å². The minimum atomic E-state index is -4.81. The van der Waals surface area contributed by atoms with Crippen molar-refractivity contribution in [1.82, 2.24) is 9.97 Å². The SMILES string of the molecule is COc1cc(OC)cc(-c2nc[nH]c2-c2ccc(OC(F)(F)F)c(N)c2)c1. The highest BCUT2D eigenvalue weighted by Gasteiger charge is 2.32. The third-order valence-electron chi connectivity index (χ3n) is 3.79. The Morgan fingerprint density at radius 2 is 1.63 bits per heavy atom. The minimum absolute atomic E-state index is 0.145. The molecule has 0 spiro atoms. The van der Waals surface area contributed by atoms with Gasteiger partial charge in [0.25, 0.3) is 0 Å². The number of halogens is 3. The Kier molecular flexibility index (Phi) is 4.85. The molecule has 0 unspecified atom stereocenters. The highest BCUT2D eigenvalue weighted by molar-refractivity contribution is 5.81. The summed E-state index contributed by atoms with van der Waals surface area (Å²) >= 11 is 0. The fourth-order valence-electron chi connectivity index (χ4n) is 2.60. The molecule has 3 rings (SSSR count). The molecule has 1 heterocycles. The van der Waals surface area contributed by atoms with E-state index in [1.165, 1.54) is 32.7 Å². The average Bonchev–Trinajstić information content (AvgIpc) is 3.11. The maximum atomic E-state index is 12.4. The van der Waals surface area contributed by atoms with Crippen LogP contribution in [0.25, 0.3) is 22.5 Å². The van der Waals surface area contributed by atoms with E-state index >= 15 is 0 Å². The van der Waals surface area contributed by atoms with Gasteiger partial charge in [-0.2, -0.15) is 0 Å². The lowest BCUT2D eigenvalue weighted by molar-refractivity contribution is -0.274. The van der Waals surface area contributed by atoms with Crippen molar-refractivity contribution >= 4 is 5.69 Å². The molecule has 0 aliphatic rings. The summed E-state index contributed by atoms with van der Waals surface area (Å²) in [4.78, 5) is 7.29. The zero-order valence-corrected chi connectivity index (χ0v) is 14.4. The average molecular weight is 379 g/mol. The first kappa shape index (κ1) is 18.4. The second-order valence-corrected chi connectivity index (χ2v) is 5.53. The standard InChI is InChI=1S/C18H16F3N3O3/c1-25-12-5-11(6-13(8-12)26-2)17-16(23-9-24-17)10-3-4-15(14(22)7-10)27-18(19,20)21/h3-9H,22H2,1-2H3,(H,23,24). The number of aromatic amines is 1. The molecule has 6 nitrogen and oxygen atoms in total. The number of nitrogens with two attached hydrogens (primary N) is 1. The number of imidazole rings is 1. The first-order valence-corrected chi connectivity index (χ1v) is 7.73. The lowest BCUT2D eigenvalue weighted by atomic mass is 10.0. The molecule has 0 amide bonds. The number of ether oxygens (including phenoxy) is 3. The number of hydrogen-bond acceptors (Lipinski definition) is 5. The van der Waals surface area contributed by atoms with Crippen LogP contribution in [0.5, 0.6) is 17.2 Å². The number of nitrogens with one attached hydrogen (secondary N) is 1. The van der Waals surface area contributed by atoms with E-state index in [2.05, 4.69) is 14.7 Å². The lowest BCUT2D eigenvalue weighted by Gasteiger charge is -2.12. The topological polar surface area (TPSA) is 82.4 Å². The molecular weight excluding hydrogens is 363 g/mol. The van der Waals surface area contributed by atoms with Gasteiger partial charge >= 0.3 is 6.36 Å². The summed E-state index contributed by atoms with van der Waals surface area (Å²) in [6.45, 7) is 0. The monoisotopic (exact) mass is 379 g/mol. The first-order valence-electron chi connectivity index (χ1n) is 7.73. The Hall–Kier alpha value is -3.36. The third kappa shape index (κ3) is 4.08. The molecular formula is C18H16F3N3O3. The summed E-state index contributed by atoms with van der Waals surface area (Å²) in [5.41, 5.74) is 7.97. The van der Waals surface area contributed by atoms with Gasteiger partial charge in [0, 0.05) is 17.2 Å². The van der Waals surface area contributed by atoms with E-state index in [4.69, 9.17) is 15.2 Å². The van der Waals surface area contributed by atoms with E-state index in [1.54, 1.807) is 18.2 Å². The van der Waals surface area contributed by atoms with Crippen LogP contribution >= 0.6 is 0 Å². The van der Waals surface area contributed by atoms with Gasteiger partial charge in [-0.1, -0.05) is 0 Å². The van der Waals surface area contributed by atoms with Crippen LogP contribution < -0.4 is 19.9 Å². The van der Waals surface area contributed by atoms with Crippen molar-refractivity contribution in [3.05, 3.63) is 42.7 Å². The van der Waals surface area contributed by atoms with Crippen LogP contribution in [-0.2, 0) is 0 Å². The zero-order valence-electron chi connectivity index (χ0n) is 14.4. The van der Waals surface area contributed by atoms with Gasteiger partial charge in [-0.05, 0) is 30.3 Å². The molecule has 2 aromatic carbocycles. The first-order chi connectivity index (χ1) is 12.8. The largest absolute Gasteiger partial charge is 0.573 e. The van der Waals surface area contributed by atoms with Crippen molar-refractivity contribution in [2.24, 2.45) is 0 Å². The Morgan fingerprint density at radius 1 is 0.963 bits per heavy atom.